The molecule has 0 aromatic rings. The molecule has 0 aromatic carbocycles. The first-order valence-corrected chi connectivity index (χ1v) is 4.12. The van der Waals surface area contributed by atoms with Gasteiger partial charge < -0.3 is 9.47 Å². The largest absolute Gasteiger partial charge is 0.496 e. The van der Waals surface area contributed by atoms with Crippen LogP contribution < -0.4 is 0 Å². The van der Waals surface area contributed by atoms with Crippen molar-refractivity contribution in [1.82, 2.24) is 0 Å². The monoisotopic (exact) mass is 233 g/mol. The lowest BCUT2D eigenvalue weighted by Gasteiger charge is -2.05. The van der Waals surface area contributed by atoms with Gasteiger partial charge in [0.05, 0.1) is 14.2 Å². The van der Waals surface area contributed by atoms with Crippen LogP contribution in [0.1, 0.15) is 6.92 Å². The molecule has 4 heteroatoms. The third-order valence-corrected chi connectivity index (χ3v) is 1.90. The minimum absolute atomic E-state index is 0.448. The molecule has 0 spiro atoms. The molecule has 0 rings (SSSR count). The molecule has 0 saturated carbocycles. The van der Waals surface area contributed by atoms with Crippen LogP contribution in [-0.4, -0.2) is 20.4 Å². The summed E-state index contributed by atoms with van der Waals surface area (Å²) in [5, 5.41) is 0. The molecule has 3 nitrogen and oxygen atoms in total. The average Bonchev–Trinajstić information content (AvgIpc) is 2.11. The zero-order valence-corrected chi connectivity index (χ0v) is 9.01. The lowest BCUT2D eigenvalue weighted by Crippen LogP contribution is -1.91. The number of halogens is 1. The molecular formula is C8H12BrNO2. The van der Waals surface area contributed by atoms with Gasteiger partial charge in [-0.1, -0.05) is 6.58 Å². The molecule has 0 heterocycles. The van der Waals surface area contributed by atoms with Gasteiger partial charge in [-0.15, -0.1) is 0 Å². The van der Waals surface area contributed by atoms with Crippen LogP contribution in [0.4, 0.5) is 0 Å². The molecule has 0 bridgehead atoms. The summed E-state index contributed by atoms with van der Waals surface area (Å²) in [4.78, 5) is 3.96. The van der Waals surface area contributed by atoms with Gasteiger partial charge >= 0.3 is 0 Å². The Balaban J connectivity index is 4.70. The summed E-state index contributed by atoms with van der Waals surface area (Å²) in [6.45, 7) is 5.44. The summed E-state index contributed by atoms with van der Waals surface area (Å²) in [5.41, 5.74) is 0. The Bertz CT molecular complexity index is 221. The van der Waals surface area contributed by atoms with Gasteiger partial charge in [0.15, 0.2) is 0 Å². The van der Waals surface area contributed by atoms with E-state index in [1.807, 2.05) is 0 Å². The fourth-order valence-corrected chi connectivity index (χ4v) is 0.951. The minimum atomic E-state index is 0.448. The van der Waals surface area contributed by atoms with Crippen LogP contribution in [0, 0.1) is 0 Å². The van der Waals surface area contributed by atoms with Crippen LogP contribution in [0.5, 0.6) is 0 Å². The zero-order valence-electron chi connectivity index (χ0n) is 7.43. The van der Waals surface area contributed by atoms with Crippen LogP contribution in [-0.2, 0) is 9.47 Å². The molecule has 0 N–H and O–H groups in total. The Morgan fingerprint density at radius 3 is 2.33 bits per heavy atom. The molecule has 12 heavy (non-hydrogen) atoms. The van der Waals surface area contributed by atoms with Crippen LogP contribution >= 0.6 is 15.9 Å². The second kappa shape index (κ2) is 5.83. The van der Waals surface area contributed by atoms with E-state index in [2.05, 4.69) is 27.5 Å². The molecule has 0 radical (unpaired) electrons. The lowest BCUT2D eigenvalue weighted by atomic mass is 10.5. The third kappa shape index (κ3) is 3.09. The van der Waals surface area contributed by atoms with Gasteiger partial charge in [-0.05, 0) is 22.9 Å². The van der Waals surface area contributed by atoms with Crippen LogP contribution in [0.25, 0.3) is 0 Å². The fourth-order valence-electron chi connectivity index (χ4n) is 0.525. The molecule has 0 aliphatic rings. The molecule has 0 atom stereocenters. The average molecular weight is 234 g/mol. The molecule has 0 saturated heterocycles. The van der Waals surface area contributed by atoms with Gasteiger partial charge in [0.1, 0.15) is 10.2 Å². The first kappa shape index (κ1) is 11.2. The van der Waals surface area contributed by atoms with E-state index in [4.69, 9.17) is 9.47 Å². The van der Waals surface area contributed by atoms with E-state index >= 15 is 0 Å². The number of aliphatic imine (C=N–C) groups is 1. The van der Waals surface area contributed by atoms with E-state index in [9.17, 15) is 0 Å². The molecule has 0 unspecified atom stereocenters. The molecular weight excluding hydrogens is 222 g/mol. The Morgan fingerprint density at radius 1 is 1.42 bits per heavy atom. The summed E-state index contributed by atoms with van der Waals surface area (Å²) < 4.78 is 10.5. The van der Waals surface area contributed by atoms with Gasteiger partial charge in [0, 0.05) is 6.21 Å². The maximum absolute atomic E-state index is 4.97. The maximum Gasteiger partial charge on any atom is 0.231 e. The summed E-state index contributed by atoms with van der Waals surface area (Å²) in [6, 6.07) is 0. The number of nitrogens with zero attached hydrogens (tertiary/aromatic N) is 1. The van der Waals surface area contributed by atoms with Gasteiger partial charge in [-0.25, -0.2) is 4.99 Å². The van der Waals surface area contributed by atoms with Crippen LogP contribution in [0.3, 0.4) is 0 Å². The quantitative estimate of drug-likeness (QED) is 0.425. The first-order chi connectivity index (χ1) is 5.67. The highest BCUT2D eigenvalue weighted by atomic mass is 79.9. The van der Waals surface area contributed by atoms with E-state index in [1.165, 1.54) is 14.2 Å². The molecule has 0 aliphatic heterocycles. The van der Waals surface area contributed by atoms with Crippen molar-refractivity contribution >= 4 is 22.1 Å². The number of allylic oxidation sites excluding steroid dienone is 1. The molecule has 68 valence electrons. The first-order valence-electron chi connectivity index (χ1n) is 3.33. The second-order valence-electron chi connectivity index (χ2n) is 1.84. The molecule has 0 aliphatic carbocycles. The van der Waals surface area contributed by atoms with E-state index in [-0.39, 0.29) is 0 Å². The topological polar surface area (TPSA) is 30.8 Å². The Labute approximate surface area is 80.9 Å². The second-order valence-corrected chi connectivity index (χ2v) is 2.63. The summed E-state index contributed by atoms with van der Waals surface area (Å²) >= 11 is 3.25. The molecule has 0 amide bonds. The number of hydrogen-bond donors (Lipinski definition) is 0. The minimum Gasteiger partial charge on any atom is -0.496 e. The van der Waals surface area contributed by atoms with Crippen LogP contribution in [0.2, 0.25) is 0 Å². The highest BCUT2D eigenvalue weighted by molar-refractivity contribution is 9.12. The van der Waals surface area contributed by atoms with Gasteiger partial charge in [0.25, 0.3) is 0 Å². The molecule has 0 fully saturated rings. The predicted molar refractivity (Wildman–Crippen MR) is 53.3 cm³/mol. The number of hydrogen-bond acceptors (Lipinski definition) is 3. The van der Waals surface area contributed by atoms with Crippen molar-refractivity contribution in [2.24, 2.45) is 4.99 Å². The van der Waals surface area contributed by atoms with Crippen molar-refractivity contribution in [3.05, 3.63) is 22.7 Å². The SMILES string of the molecule is C=C(OC)/C(Br)=C(\N=C/C)OC. The van der Waals surface area contributed by atoms with Gasteiger partial charge in [-0.3, -0.25) is 0 Å². The number of ether oxygens (including phenoxy) is 2. The zero-order chi connectivity index (χ0) is 9.56. The van der Waals surface area contributed by atoms with Crippen molar-refractivity contribution in [3.8, 4) is 0 Å². The van der Waals surface area contributed by atoms with E-state index in [0.717, 1.165) is 0 Å². The van der Waals surface area contributed by atoms with Crippen molar-refractivity contribution < 1.29 is 9.47 Å². The third-order valence-electron chi connectivity index (χ3n) is 1.12. The highest BCUT2D eigenvalue weighted by Gasteiger charge is 2.06. The Hall–Kier alpha value is -0.770. The summed E-state index contributed by atoms with van der Waals surface area (Å²) in [7, 11) is 3.07. The van der Waals surface area contributed by atoms with E-state index < -0.39 is 0 Å². The highest BCUT2D eigenvalue weighted by Crippen LogP contribution is 2.21. The standard InChI is InChI=1S/C8H12BrNO2/c1-5-10-8(12-4)7(9)6(2)11-3/h5H,2H2,1,3-4H3/b8-7-,10-5-. The Morgan fingerprint density at radius 2 is 2.00 bits per heavy atom. The van der Waals surface area contributed by atoms with Crippen LogP contribution in [0.15, 0.2) is 27.7 Å². The number of rotatable bonds is 4. The van der Waals surface area contributed by atoms with Gasteiger partial charge in [-0.2, -0.15) is 0 Å². The van der Waals surface area contributed by atoms with E-state index in [0.29, 0.717) is 16.1 Å². The van der Waals surface area contributed by atoms with Crippen molar-refractivity contribution in [1.29, 1.82) is 0 Å². The Kier molecular flexibility index (Phi) is 5.45. The number of methoxy groups -OCH3 is 2. The predicted octanol–water partition coefficient (Wildman–Crippen LogP) is 2.45. The normalized spacial score (nSPS) is 12.7. The van der Waals surface area contributed by atoms with E-state index in [1.54, 1.807) is 13.1 Å². The van der Waals surface area contributed by atoms with Crippen molar-refractivity contribution in [2.75, 3.05) is 14.2 Å². The van der Waals surface area contributed by atoms with Crippen molar-refractivity contribution in [3.63, 3.8) is 0 Å². The summed E-state index contributed by atoms with van der Waals surface area (Å²) in [5.74, 6) is 0.932. The smallest absolute Gasteiger partial charge is 0.231 e. The molecule has 0 aromatic heterocycles. The van der Waals surface area contributed by atoms with Gasteiger partial charge in [0.2, 0.25) is 5.88 Å². The lowest BCUT2D eigenvalue weighted by molar-refractivity contribution is 0.272. The summed E-state index contributed by atoms with van der Waals surface area (Å²) in [6.07, 6.45) is 1.63. The maximum atomic E-state index is 4.97. The fraction of sp³-hybridized carbons (Fsp3) is 0.375. The van der Waals surface area contributed by atoms with Crippen molar-refractivity contribution in [2.45, 2.75) is 6.92 Å².